The van der Waals surface area contributed by atoms with Crippen molar-refractivity contribution in [3.63, 3.8) is 0 Å². The fourth-order valence-electron chi connectivity index (χ4n) is 2.83. The highest BCUT2D eigenvalue weighted by atomic mass is 32.2. The van der Waals surface area contributed by atoms with Crippen LogP contribution in [0.15, 0.2) is 34.1 Å². The molecule has 1 aliphatic rings. The maximum absolute atomic E-state index is 12.6. The lowest BCUT2D eigenvalue weighted by molar-refractivity contribution is -0.00894. The number of nitrogens with zero attached hydrogens (tertiary/aromatic N) is 1. The molecule has 2 atom stereocenters. The molecule has 26 heavy (non-hydrogen) atoms. The maximum Gasteiger partial charge on any atom is 0.410 e. The smallest absolute Gasteiger partial charge is 0.410 e. The standard InChI is InChI=1S/C18H27NO5S2/c1-18(2,3)24-17(21)19-10-9-13(16(20)11-19)12-26(22,23)15-7-5-14(25-4)6-8-15/h5-8,13,16,20H,9-12H2,1-4H3/t13-,16+/m0/s1. The molecule has 1 aliphatic heterocycles. The number of carbonyl (C=O) groups excluding carboxylic acids is 1. The number of benzene rings is 1. The van der Waals surface area contributed by atoms with Crippen LogP contribution in [-0.2, 0) is 14.6 Å². The number of hydrogen-bond acceptors (Lipinski definition) is 6. The minimum atomic E-state index is -3.49. The Morgan fingerprint density at radius 2 is 1.92 bits per heavy atom. The van der Waals surface area contributed by atoms with Gasteiger partial charge in [-0.1, -0.05) is 0 Å². The van der Waals surface area contributed by atoms with Crippen molar-refractivity contribution in [3.8, 4) is 0 Å². The zero-order valence-corrected chi connectivity index (χ0v) is 17.3. The highest BCUT2D eigenvalue weighted by molar-refractivity contribution is 7.98. The molecule has 0 saturated carbocycles. The third kappa shape index (κ3) is 5.62. The first-order chi connectivity index (χ1) is 12.0. The lowest BCUT2D eigenvalue weighted by Gasteiger charge is -2.36. The van der Waals surface area contributed by atoms with Crippen molar-refractivity contribution in [1.82, 2.24) is 4.90 Å². The molecule has 1 heterocycles. The SMILES string of the molecule is CSc1ccc(S(=O)(=O)C[C@@H]2CCN(C(=O)OC(C)(C)C)C[C@H]2O)cc1. The number of β-amino-alcohol motifs (C(OH)–C–C–N with tert-alkyl or cyclic N) is 1. The second kappa shape index (κ2) is 8.19. The number of hydrogen-bond donors (Lipinski definition) is 1. The van der Waals surface area contributed by atoms with Gasteiger partial charge >= 0.3 is 6.09 Å². The molecule has 1 N–H and O–H groups in total. The molecular formula is C18H27NO5S2. The van der Waals surface area contributed by atoms with Crippen molar-refractivity contribution < 1.29 is 23.1 Å². The quantitative estimate of drug-likeness (QED) is 0.781. The zero-order chi connectivity index (χ0) is 19.5. The molecule has 8 heteroatoms. The summed E-state index contributed by atoms with van der Waals surface area (Å²) in [4.78, 5) is 14.8. The number of rotatable bonds is 4. The molecule has 6 nitrogen and oxygen atoms in total. The molecule has 1 amide bonds. The Hall–Kier alpha value is -1.25. The Labute approximate surface area is 159 Å². The van der Waals surface area contributed by atoms with Crippen LogP contribution in [0.2, 0.25) is 0 Å². The molecule has 0 spiro atoms. The summed E-state index contributed by atoms with van der Waals surface area (Å²) in [6, 6.07) is 6.75. The van der Waals surface area contributed by atoms with Crippen LogP contribution < -0.4 is 0 Å². The topological polar surface area (TPSA) is 83.9 Å². The van der Waals surface area contributed by atoms with E-state index in [-0.39, 0.29) is 17.2 Å². The van der Waals surface area contributed by atoms with E-state index in [1.807, 2.05) is 6.26 Å². The highest BCUT2D eigenvalue weighted by Crippen LogP contribution is 2.25. The number of sulfone groups is 1. The van der Waals surface area contributed by atoms with Crippen LogP contribution in [0, 0.1) is 5.92 Å². The van der Waals surface area contributed by atoms with E-state index < -0.39 is 33.6 Å². The minimum Gasteiger partial charge on any atom is -0.444 e. The van der Waals surface area contributed by atoms with E-state index in [1.54, 1.807) is 56.8 Å². The Bertz CT molecular complexity index is 725. The van der Waals surface area contributed by atoms with Crippen LogP contribution in [0.25, 0.3) is 0 Å². The Kier molecular flexibility index (Phi) is 6.63. The van der Waals surface area contributed by atoms with E-state index in [1.165, 1.54) is 4.90 Å². The predicted molar refractivity (Wildman–Crippen MR) is 102 cm³/mol. The van der Waals surface area contributed by atoms with Crippen molar-refractivity contribution in [1.29, 1.82) is 0 Å². The van der Waals surface area contributed by atoms with Gasteiger partial charge in [-0.05, 0) is 57.7 Å². The largest absolute Gasteiger partial charge is 0.444 e. The van der Waals surface area contributed by atoms with Gasteiger partial charge in [0.2, 0.25) is 0 Å². The van der Waals surface area contributed by atoms with Crippen molar-refractivity contribution in [2.24, 2.45) is 5.92 Å². The molecule has 1 fully saturated rings. The summed E-state index contributed by atoms with van der Waals surface area (Å²) in [5, 5.41) is 10.4. The van der Waals surface area contributed by atoms with Gasteiger partial charge < -0.3 is 14.7 Å². The molecule has 1 aromatic carbocycles. The molecule has 0 aromatic heterocycles. The van der Waals surface area contributed by atoms with Gasteiger partial charge in [-0.15, -0.1) is 11.8 Å². The van der Waals surface area contributed by atoms with Crippen molar-refractivity contribution in [2.75, 3.05) is 25.1 Å². The fourth-order valence-corrected chi connectivity index (χ4v) is 4.93. The van der Waals surface area contributed by atoms with Gasteiger partial charge in [0.15, 0.2) is 9.84 Å². The van der Waals surface area contributed by atoms with Gasteiger partial charge in [0.25, 0.3) is 0 Å². The summed E-state index contributed by atoms with van der Waals surface area (Å²) < 4.78 is 30.6. The number of aliphatic hydroxyl groups excluding tert-OH is 1. The van der Waals surface area contributed by atoms with E-state index in [0.717, 1.165) is 4.90 Å². The summed E-state index contributed by atoms with van der Waals surface area (Å²) in [6.07, 6.45) is 0.975. The van der Waals surface area contributed by atoms with Gasteiger partial charge in [-0.25, -0.2) is 13.2 Å². The van der Waals surface area contributed by atoms with Gasteiger partial charge in [-0.3, -0.25) is 0 Å². The molecule has 0 aliphatic carbocycles. The first kappa shape index (κ1) is 21.1. The van der Waals surface area contributed by atoms with Crippen LogP contribution in [0.5, 0.6) is 0 Å². The molecular weight excluding hydrogens is 374 g/mol. The summed E-state index contributed by atoms with van der Waals surface area (Å²) in [5.41, 5.74) is -0.606. The normalized spacial score (nSPS) is 21.5. The van der Waals surface area contributed by atoms with E-state index in [9.17, 15) is 18.3 Å². The number of ether oxygens (including phenoxy) is 1. The van der Waals surface area contributed by atoms with Crippen LogP contribution in [0.4, 0.5) is 4.79 Å². The molecule has 0 bridgehead atoms. The van der Waals surface area contributed by atoms with Gasteiger partial charge in [0, 0.05) is 17.4 Å². The number of carbonyl (C=O) groups is 1. The summed E-state index contributed by atoms with van der Waals surface area (Å²) in [5.74, 6) is -0.534. The molecule has 146 valence electrons. The minimum absolute atomic E-state index is 0.0838. The number of thioether (sulfide) groups is 1. The highest BCUT2D eigenvalue weighted by Gasteiger charge is 2.35. The Morgan fingerprint density at radius 1 is 1.31 bits per heavy atom. The Morgan fingerprint density at radius 3 is 2.42 bits per heavy atom. The molecule has 2 rings (SSSR count). The summed E-state index contributed by atoms with van der Waals surface area (Å²) in [6.45, 7) is 5.80. The number of amides is 1. The van der Waals surface area contributed by atoms with E-state index in [0.29, 0.717) is 13.0 Å². The molecule has 1 aromatic rings. The lowest BCUT2D eigenvalue weighted by atomic mass is 9.96. The molecule has 0 radical (unpaired) electrons. The predicted octanol–water partition coefficient (Wildman–Crippen LogP) is 2.80. The maximum atomic E-state index is 12.6. The third-order valence-corrected chi connectivity index (χ3v) is 6.83. The van der Waals surface area contributed by atoms with E-state index in [4.69, 9.17) is 4.74 Å². The van der Waals surface area contributed by atoms with Gasteiger partial charge in [-0.2, -0.15) is 0 Å². The molecule has 1 saturated heterocycles. The second-order valence-corrected chi connectivity index (χ2v) is 10.4. The summed E-state index contributed by atoms with van der Waals surface area (Å²) >= 11 is 1.55. The van der Waals surface area contributed by atoms with E-state index in [2.05, 4.69) is 0 Å². The average molecular weight is 402 g/mol. The fraction of sp³-hybridized carbons (Fsp3) is 0.611. The first-order valence-corrected chi connectivity index (χ1v) is 11.4. The van der Waals surface area contributed by atoms with Gasteiger partial charge in [0.05, 0.1) is 23.3 Å². The van der Waals surface area contributed by atoms with Crippen molar-refractivity contribution in [2.45, 2.75) is 48.7 Å². The second-order valence-electron chi connectivity index (χ2n) is 7.50. The monoisotopic (exact) mass is 401 g/mol. The zero-order valence-electron chi connectivity index (χ0n) is 15.6. The van der Waals surface area contributed by atoms with Crippen molar-refractivity contribution in [3.05, 3.63) is 24.3 Å². The molecule has 0 unspecified atom stereocenters. The van der Waals surface area contributed by atoms with Crippen LogP contribution in [0.3, 0.4) is 0 Å². The van der Waals surface area contributed by atoms with Crippen LogP contribution in [-0.4, -0.2) is 61.3 Å². The Balaban J connectivity index is 1.99. The summed E-state index contributed by atoms with van der Waals surface area (Å²) in [7, 11) is -3.49. The third-order valence-electron chi connectivity index (χ3n) is 4.23. The van der Waals surface area contributed by atoms with Gasteiger partial charge in [0.1, 0.15) is 5.60 Å². The number of piperidine rings is 1. The lowest BCUT2D eigenvalue weighted by Crippen LogP contribution is -2.49. The number of aliphatic hydroxyl groups is 1. The van der Waals surface area contributed by atoms with E-state index >= 15 is 0 Å². The van der Waals surface area contributed by atoms with Crippen molar-refractivity contribution >= 4 is 27.7 Å². The first-order valence-electron chi connectivity index (χ1n) is 8.54. The van der Waals surface area contributed by atoms with Crippen LogP contribution in [0.1, 0.15) is 27.2 Å². The number of likely N-dealkylation sites (tertiary alicyclic amines) is 1. The average Bonchev–Trinajstić information content (AvgIpc) is 2.55. The van der Waals surface area contributed by atoms with Crippen LogP contribution >= 0.6 is 11.8 Å².